The highest BCUT2D eigenvalue weighted by molar-refractivity contribution is 7.13. The SMILES string of the molecule is COc1ccc(O)c(NCc2ccc(C(=O)O[C@@H](Cc3c(Cl)c[nH+]cc3Cl)c3ccc(OC)c(OC)c3)s2)c1.[OH-]. The van der Waals surface area contributed by atoms with Gasteiger partial charge in [-0.05, 0) is 42.0 Å². The molecule has 0 fully saturated rings. The molecule has 0 spiro atoms. The van der Waals surface area contributed by atoms with Crippen LogP contribution in [0.4, 0.5) is 5.69 Å². The maximum Gasteiger partial charge on any atom is 0.348 e. The first-order valence-electron chi connectivity index (χ1n) is 11.8. The Labute approximate surface area is 245 Å². The highest BCUT2D eigenvalue weighted by Crippen LogP contribution is 2.36. The van der Waals surface area contributed by atoms with E-state index in [0.29, 0.717) is 55.5 Å². The lowest BCUT2D eigenvalue weighted by Gasteiger charge is -2.20. The van der Waals surface area contributed by atoms with Crippen LogP contribution in [-0.2, 0) is 17.7 Å². The minimum atomic E-state index is -0.716. The third kappa shape index (κ3) is 7.28. The molecule has 9 nitrogen and oxygen atoms in total. The molecule has 1 atom stereocenters. The Morgan fingerprint density at radius 2 is 1.70 bits per heavy atom. The number of esters is 1. The highest BCUT2D eigenvalue weighted by Gasteiger charge is 2.24. The van der Waals surface area contributed by atoms with Crippen LogP contribution in [0.15, 0.2) is 60.9 Å². The zero-order valence-electron chi connectivity index (χ0n) is 21.9. The second-order valence-electron chi connectivity index (χ2n) is 8.34. The molecule has 0 saturated carbocycles. The number of aromatic amines is 1. The number of nitrogens with one attached hydrogen (secondary N) is 2. The van der Waals surface area contributed by atoms with Crippen LogP contribution in [0.1, 0.15) is 31.8 Å². The number of H-pyrrole nitrogens is 1. The van der Waals surface area contributed by atoms with Gasteiger partial charge in [0.05, 0.1) is 27.0 Å². The quantitative estimate of drug-likeness (QED) is 0.153. The molecular weight excluding hydrogens is 579 g/mol. The number of methoxy groups -OCH3 is 3. The van der Waals surface area contributed by atoms with Crippen molar-refractivity contribution in [1.82, 2.24) is 0 Å². The van der Waals surface area contributed by atoms with Crippen molar-refractivity contribution in [1.29, 1.82) is 0 Å². The van der Waals surface area contributed by atoms with E-state index >= 15 is 0 Å². The van der Waals surface area contributed by atoms with Crippen molar-refractivity contribution in [3.05, 3.63) is 91.9 Å². The molecule has 2 aromatic carbocycles. The van der Waals surface area contributed by atoms with Crippen molar-refractivity contribution in [2.24, 2.45) is 0 Å². The van der Waals surface area contributed by atoms with Crippen LogP contribution >= 0.6 is 34.5 Å². The molecule has 0 amide bonds. The van der Waals surface area contributed by atoms with Gasteiger partial charge in [-0.1, -0.05) is 29.3 Å². The van der Waals surface area contributed by atoms with Crippen LogP contribution in [0.2, 0.25) is 10.0 Å². The topological polar surface area (TPSA) is 130 Å². The predicted octanol–water partition coefficient (Wildman–Crippen LogP) is 6.18. The van der Waals surface area contributed by atoms with Gasteiger partial charge in [0, 0.05) is 29.5 Å². The molecule has 4 aromatic rings. The lowest BCUT2D eigenvalue weighted by atomic mass is 10.0. The first-order chi connectivity index (χ1) is 18.8. The van der Waals surface area contributed by atoms with Gasteiger partial charge in [0.1, 0.15) is 32.5 Å². The standard InChI is InChI=1S/C28H26Cl2N2O6S.H2O/c1-35-17-5-7-23(33)22(11-17)32-13-18-6-9-27(39-18)28(34)38-25(12-19-20(29)14-31-15-21(19)30)16-4-8-24(36-2)26(10-16)37-3;/h4-11,14-15,25,32-33H,12-13H2,1-3H3;1H2/t25-;/m0./s1. The first-order valence-corrected chi connectivity index (χ1v) is 13.4. The van der Waals surface area contributed by atoms with Crippen molar-refractivity contribution in [2.45, 2.75) is 19.1 Å². The Bertz CT molecular complexity index is 1440. The van der Waals surface area contributed by atoms with Gasteiger partial charge in [-0.2, -0.15) is 0 Å². The molecule has 0 radical (unpaired) electrons. The number of carbonyl (C=O) groups is 1. The van der Waals surface area contributed by atoms with Gasteiger partial charge in [0.25, 0.3) is 0 Å². The Balaban J connectivity index is 0.00000441. The number of thiophene rings is 1. The average molecular weight is 608 g/mol. The molecule has 2 heterocycles. The van der Waals surface area contributed by atoms with Gasteiger partial charge in [-0.3, -0.25) is 0 Å². The van der Waals surface area contributed by atoms with E-state index in [1.165, 1.54) is 18.4 Å². The lowest BCUT2D eigenvalue weighted by molar-refractivity contribution is -0.377. The Kier molecular flexibility index (Phi) is 10.9. The van der Waals surface area contributed by atoms with Gasteiger partial charge in [0.15, 0.2) is 23.9 Å². The maximum absolute atomic E-state index is 13.3. The van der Waals surface area contributed by atoms with Crippen molar-refractivity contribution < 1.29 is 39.3 Å². The summed E-state index contributed by atoms with van der Waals surface area (Å²) in [5.74, 6) is 1.27. The molecule has 40 heavy (non-hydrogen) atoms. The summed E-state index contributed by atoms with van der Waals surface area (Å²) in [6.07, 6.45) is 2.76. The van der Waals surface area contributed by atoms with Gasteiger partial charge in [-0.15, -0.1) is 11.3 Å². The Hall–Kier alpha value is -3.70. The number of rotatable bonds is 11. The summed E-state index contributed by atoms with van der Waals surface area (Å²) in [4.78, 5) is 17.5. The molecule has 212 valence electrons. The van der Waals surface area contributed by atoms with Crippen LogP contribution in [0.3, 0.4) is 0 Å². The Morgan fingerprint density at radius 1 is 0.975 bits per heavy atom. The molecule has 0 saturated heterocycles. The minimum Gasteiger partial charge on any atom is -0.870 e. The second kappa shape index (κ2) is 14.1. The number of hydrogen-bond acceptors (Lipinski definition) is 9. The van der Waals surface area contributed by atoms with Crippen LogP contribution in [0.25, 0.3) is 0 Å². The number of aromatic nitrogens is 1. The number of hydrogen-bond donors (Lipinski definition) is 2. The van der Waals surface area contributed by atoms with E-state index in [1.54, 1.807) is 69.1 Å². The summed E-state index contributed by atoms with van der Waals surface area (Å²) in [6.45, 7) is 0.392. The number of anilines is 1. The van der Waals surface area contributed by atoms with Crippen LogP contribution < -0.4 is 24.5 Å². The fraction of sp³-hybridized carbons (Fsp3) is 0.214. The lowest BCUT2D eigenvalue weighted by Crippen LogP contribution is -2.15. The van der Waals surface area contributed by atoms with Gasteiger partial charge in [-0.25, -0.2) is 9.78 Å². The molecule has 0 aliphatic carbocycles. The minimum absolute atomic E-state index is 0. The van der Waals surface area contributed by atoms with Crippen molar-refractivity contribution >= 4 is 46.2 Å². The van der Waals surface area contributed by atoms with Crippen molar-refractivity contribution in [2.75, 3.05) is 26.6 Å². The molecule has 0 aliphatic rings. The van der Waals surface area contributed by atoms with Crippen molar-refractivity contribution in [3.63, 3.8) is 0 Å². The zero-order chi connectivity index (χ0) is 27.9. The summed E-state index contributed by atoms with van der Waals surface area (Å²) in [7, 11) is 4.64. The van der Waals surface area contributed by atoms with Gasteiger partial charge in [0.2, 0.25) is 0 Å². The summed E-state index contributed by atoms with van der Waals surface area (Å²) in [5.41, 5.74) is 1.85. The molecule has 2 aromatic heterocycles. The van der Waals surface area contributed by atoms with E-state index in [2.05, 4.69) is 10.3 Å². The van der Waals surface area contributed by atoms with E-state index in [9.17, 15) is 9.90 Å². The van der Waals surface area contributed by atoms with Gasteiger partial charge >= 0.3 is 5.97 Å². The van der Waals surface area contributed by atoms with E-state index in [4.69, 9.17) is 42.1 Å². The highest BCUT2D eigenvalue weighted by atomic mass is 35.5. The predicted molar refractivity (Wildman–Crippen MR) is 153 cm³/mol. The van der Waals surface area contributed by atoms with Gasteiger partial charge < -0.3 is 34.8 Å². The van der Waals surface area contributed by atoms with Crippen molar-refractivity contribution in [3.8, 4) is 23.0 Å². The maximum atomic E-state index is 13.3. The monoisotopic (exact) mass is 606 g/mol. The third-order valence-electron chi connectivity index (χ3n) is 5.93. The largest absolute Gasteiger partial charge is 0.870 e. The van der Waals surface area contributed by atoms with E-state index in [0.717, 1.165) is 4.88 Å². The fourth-order valence-corrected chi connectivity index (χ4v) is 5.24. The molecular formula is C28H28Cl2N2O7S. The number of benzene rings is 2. The number of phenolic OH excluding ortho intramolecular Hbond substituents is 1. The number of aromatic hydroxyl groups is 1. The smallest absolute Gasteiger partial charge is 0.348 e. The number of phenols is 1. The van der Waals surface area contributed by atoms with E-state index in [-0.39, 0.29) is 17.6 Å². The Morgan fingerprint density at radius 3 is 2.38 bits per heavy atom. The fourth-order valence-electron chi connectivity index (χ4n) is 3.87. The zero-order valence-corrected chi connectivity index (χ0v) is 24.2. The molecule has 0 aliphatic heterocycles. The van der Waals surface area contributed by atoms with Crippen LogP contribution in [0.5, 0.6) is 23.0 Å². The third-order valence-corrected chi connectivity index (χ3v) is 7.67. The normalized spacial score (nSPS) is 11.2. The summed E-state index contributed by atoms with van der Waals surface area (Å²) in [6, 6.07) is 13.8. The molecule has 0 unspecified atom stereocenters. The average Bonchev–Trinajstić information content (AvgIpc) is 3.43. The number of halogens is 2. The number of pyridine rings is 1. The summed E-state index contributed by atoms with van der Waals surface area (Å²) < 4.78 is 22.0. The first kappa shape index (κ1) is 30.8. The molecule has 4 N–H and O–H groups in total. The van der Waals surface area contributed by atoms with E-state index in [1.807, 2.05) is 6.07 Å². The van der Waals surface area contributed by atoms with E-state index < -0.39 is 12.1 Å². The number of ether oxygens (including phenoxy) is 4. The second-order valence-corrected chi connectivity index (χ2v) is 10.3. The summed E-state index contributed by atoms with van der Waals surface area (Å²) in [5, 5.41) is 14.1. The van der Waals surface area contributed by atoms with Crippen LogP contribution in [0, 0.1) is 0 Å². The van der Waals surface area contributed by atoms with Crippen LogP contribution in [-0.4, -0.2) is 37.9 Å². The molecule has 4 rings (SSSR count). The number of carbonyl (C=O) groups excluding carboxylic acids is 1. The molecule has 0 bridgehead atoms. The summed E-state index contributed by atoms with van der Waals surface area (Å²) >= 11 is 14.1. The molecule has 12 heteroatoms.